The number of amides is 3. The van der Waals surface area contributed by atoms with Gasteiger partial charge in [-0.05, 0) is 116 Å². The minimum Gasteiger partial charge on any atom is -0.496 e. The molecule has 1 unspecified atom stereocenters. The summed E-state index contributed by atoms with van der Waals surface area (Å²) in [4.78, 5) is 53.8. The number of aromatic nitrogens is 2. The Bertz CT molecular complexity index is 2250. The van der Waals surface area contributed by atoms with Crippen molar-refractivity contribution < 1.29 is 37.0 Å². The molecule has 0 spiro atoms. The van der Waals surface area contributed by atoms with Gasteiger partial charge in [0.1, 0.15) is 35.4 Å². The maximum atomic E-state index is 14.8. The van der Waals surface area contributed by atoms with E-state index in [-0.39, 0.29) is 36.6 Å². The number of ether oxygens (including phenoxy) is 3. The lowest BCUT2D eigenvalue weighted by Crippen LogP contribution is -2.51. The maximum Gasteiger partial charge on any atom is 0.408 e. The Labute approximate surface area is 363 Å². The molecule has 61 heavy (non-hydrogen) atoms. The van der Waals surface area contributed by atoms with Gasteiger partial charge >= 0.3 is 6.09 Å². The molecular weight excluding hydrogens is 817 g/mol. The molecule has 3 saturated carbocycles. The molecule has 0 bridgehead atoms. The summed E-state index contributed by atoms with van der Waals surface area (Å²) < 4.78 is 46.9. The van der Waals surface area contributed by atoms with Crippen LogP contribution in [0.3, 0.4) is 0 Å². The highest BCUT2D eigenvalue weighted by molar-refractivity contribution is 7.90. The van der Waals surface area contributed by atoms with Crippen LogP contribution in [0.4, 0.5) is 9.93 Å². The van der Waals surface area contributed by atoms with Gasteiger partial charge in [0, 0.05) is 40.9 Å². The van der Waals surface area contributed by atoms with E-state index < -0.39 is 44.8 Å². The summed E-state index contributed by atoms with van der Waals surface area (Å²) in [5, 5.41) is 9.37. The number of rotatable bonds is 11. The molecule has 330 valence electrons. The Morgan fingerprint density at radius 1 is 0.967 bits per heavy atom. The molecule has 1 aromatic carbocycles. The van der Waals surface area contributed by atoms with E-state index in [0.29, 0.717) is 73.3 Å². The number of alkyl carbamates (subject to hydrolysis) is 1. The third-order valence-electron chi connectivity index (χ3n) is 13.1. The molecule has 0 radical (unpaired) electrons. The van der Waals surface area contributed by atoms with Crippen LogP contribution in [-0.4, -0.2) is 90.4 Å². The van der Waals surface area contributed by atoms with E-state index in [1.807, 2.05) is 35.4 Å². The minimum absolute atomic E-state index is 0.0896. The lowest BCUT2D eigenvalue weighted by Gasteiger charge is -2.30. The van der Waals surface area contributed by atoms with Crippen LogP contribution in [0.25, 0.3) is 22.3 Å². The summed E-state index contributed by atoms with van der Waals surface area (Å²) in [7, 11) is -2.11. The topological polar surface area (TPSA) is 178 Å². The van der Waals surface area contributed by atoms with Gasteiger partial charge in [-0.1, -0.05) is 25.0 Å². The second-order valence-electron chi connectivity index (χ2n) is 18.0. The minimum atomic E-state index is -3.74. The van der Waals surface area contributed by atoms with Crippen molar-refractivity contribution in [1.29, 1.82) is 0 Å². The molecule has 2 aliphatic heterocycles. The van der Waals surface area contributed by atoms with E-state index >= 15 is 0 Å². The van der Waals surface area contributed by atoms with Crippen molar-refractivity contribution in [1.82, 2.24) is 24.9 Å². The summed E-state index contributed by atoms with van der Waals surface area (Å²) >= 11 is 1.51. The van der Waals surface area contributed by atoms with Crippen LogP contribution in [0.1, 0.15) is 116 Å². The fourth-order valence-corrected chi connectivity index (χ4v) is 11.7. The van der Waals surface area contributed by atoms with Crippen molar-refractivity contribution in [2.45, 2.75) is 153 Å². The number of sulfonamides is 1. The first-order valence-electron chi connectivity index (χ1n) is 22.2. The summed E-state index contributed by atoms with van der Waals surface area (Å²) in [5.41, 5.74) is 2.03. The van der Waals surface area contributed by atoms with Gasteiger partial charge in [-0.2, -0.15) is 0 Å². The largest absolute Gasteiger partial charge is 0.496 e. The standard InChI is InChI=1S/C45H60N6O8S2/c1-27(2)46-43-48-37(26-60-43)36-23-39(34-18-19-38(57-4)28(3)40(34)47-36)58-32-22-30-20-21-45(42(53)50-61(55,56)33-16-17-33)24-29(45)12-8-6-5-7-9-15-35(41(52)51(30)25-32)49-44(54)59-31-13-10-11-14-31/h8,12,18-19,23,26-27,29-33,35H,5-7,9-11,13-17,20-22,24-25H2,1-4H3,(H,46,48)(H,49,54)(H,50,53)/t29?,30-,32-,35+,45+/m1/s1. The van der Waals surface area contributed by atoms with E-state index in [1.165, 1.54) is 11.3 Å². The fraction of sp³-hybridized carbons (Fsp3) is 0.622. The zero-order chi connectivity index (χ0) is 42.9. The number of methoxy groups -OCH3 is 1. The SMILES string of the molecule is COc1ccc2c(O[C@@H]3C[C@H]4CC[C@]5(C(=O)NS(=O)(=O)C6CC6)CC5C=CCCCCC[C@H](NC(=O)OC5CCCC5)C(=O)N4C3)cc(-c3csc(NC(C)C)n3)nc2c1C. The van der Waals surface area contributed by atoms with Crippen LogP contribution in [0.15, 0.2) is 35.7 Å². The maximum absolute atomic E-state index is 14.8. The molecule has 3 aromatic rings. The summed E-state index contributed by atoms with van der Waals surface area (Å²) in [5.74, 6) is 0.547. The summed E-state index contributed by atoms with van der Waals surface area (Å²) in [6.45, 7) is 6.34. The van der Waals surface area contributed by atoms with Crippen LogP contribution in [-0.2, 0) is 24.3 Å². The van der Waals surface area contributed by atoms with E-state index in [0.717, 1.165) is 67.4 Å². The van der Waals surface area contributed by atoms with Crippen LogP contribution < -0.4 is 24.8 Å². The molecule has 5 aliphatic rings. The van der Waals surface area contributed by atoms with Gasteiger partial charge in [0.25, 0.3) is 0 Å². The molecule has 2 aromatic heterocycles. The Hall–Kier alpha value is -4.44. The third kappa shape index (κ3) is 9.80. The van der Waals surface area contributed by atoms with Crippen LogP contribution in [0.5, 0.6) is 11.5 Å². The zero-order valence-corrected chi connectivity index (χ0v) is 37.4. The summed E-state index contributed by atoms with van der Waals surface area (Å²) in [6.07, 6.45) is 13.5. The highest BCUT2D eigenvalue weighted by atomic mass is 32.2. The number of carbonyl (C=O) groups is 3. The van der Waals surface area contributed by atoms with Crippen molar-refractivity contribution in [3.05, 3.63) is 41.3 Å². The van der Waals surface area contributed by atoms with Crippen molar-refractivity contribution in [3.8, 4) is 22.9 Å². The Balaban J connectivity index is 1.10. The summed E-state index contributed by atoms with van der Waals surface area (Å²) in [6, 6.07) is 4.81. The third-order valence-corrected chi connectivity index (χ3v) is 15.7. The number of hydrogen-bond donors (Lipinski definition) is 3. The molecular formula is C45H60N6O8S2. The first-order chi connectivity index (χ1) is 29.3. The Morgan fingerprint density at radius 3 is 2.51 bits per heavy atom. The number of fused-ring (bicyclic) bond motifs is 3. The average molecular weight is 877 g/mol. The molecule has 3 aliphatic carbocycles. The highest BCUT2D eigenvalue weighted by Crippen LogP contribution is 2.58. The van der Waals surface area contributed by atoms with Crippen LogP contribution >= 0.6 is 11.3 Å². The van der Waals surface area contributed by atoms with Crippen LogP contribution in [0.2, 0.25) is 0 Å². The Kier molecular flexibility index (Phi) is 12.8. The fourth-order valence-electron chi connectivity index (χ4n) is 9.42. The number of nitrogens with one attached hydrogen (secondary N) is 3. The van der Waals surface area contributed by atoms with E-state index in [2.05, 4.69) is 41.4 Å². The van der Waals surface area contributed by atoms with Gasteiger partial charge in [0.2, 0.25) is 21.8 Å². The zero-order valence-electron chi connectivity index (χ0n) is 35.7. The van der Waals surface area contributed by atoms with Crippen molar-refractivity contribution >= 4 is 55.3 Å². The second-order valence-corrected chi connectivity index (χ2v) is 20.8. The van der Waals surface area contributed by atoms with Crippen LogP contribution in [0, 0.1) is 18.3 Å². The lowest BCUT2D eigenvalue weighted by atomic mass is 9.92. The molecule has 16 heteroatoms. The number of nitrogens with zero attached hydrogens (tertiary/aromatic N) is 3. The van der Waals surface area contributed by atoms with E-state index in [4.69, 9.17) is 24.2 Å². The number of pyridine rings is 1. The van der Waals surface area contributed by atoms with Gasteiger partial charge in [-0.25, -0.2) is 23.2 Å². The number of benzene rings is 1. The monoisotopic (exact) mass is 876 g/mol. The molecule has 3 amide bonds. The number of aryl methyl sites for hydroxylation is 1. The number of anilines is 1. The van der Waals surface area contributed by atoms with Gasteiger partial charge in [-0.3, -0.25) is 14.3 Å². The van der Waals surface area contributed by atoms with E-state index in [1.54, 1.807) is 7.11 Å². The Morgan fingerprint density at radius 2 is 1.75 bits per heavy atom. The molecule has 4 fully saturated rings. The van der Waals surface area contributed by atoms with Gasteiger partial charge in [0.05, 0.1) is 35.5 Å². The van der Waals surface area contributed by atoms with Crippen molar-refractivity contribution in [3.63, 3.8) is 0 Å². The normalized spacial score (nSPS) is 26.2. The number of allylic oxidation sites excluding steroid dienone is 2. The van der Waals surface area contributed by atoms with Gasteiger partial charge < -0.3 is 29.7 Å². The van der Waals surface area contributed by atoms with Gasteiger partial charge in [0.15, 0.2) is 5.13 Å². The first kappa shape index (κ1) is 43.2. The van der Waals surface area contributed by atoms with E-state index in [9.17, 15) is 22.8 Å². The van der Waals surface area contributed by atoms with Gasteiger partial charge in [-0.15, -0.1) is 11.3 Å². The lowest BCUT2D eigenvalue weighted by molar-refractivity contribution is -0.134. The number of carbonyl (C=O) groups excluding carboxylic acids is 3. The molecule has 8 rings (SSSR count). The first-order valence-corrected chi connectivity index (χ1v) is 24.6. The van der Waals surface area contributed by atoms with Crippen molar-refractivity contribution in [2.75, 3.05) is 19.0 Å². The number of thiazole rings is 1. The van der Waals surface area contributed by atoms with Crippen molar-refractivity contribution in [2.24, 2.45) is 11.3 Å². The second kappa shape index (κ2) is 18.1. The smallest absolute Gasteiger partial charge is 0.408 e. The molecule has 1 saturated heterocycles. The predicted molar refractivity (Wildman–Crippen MR) is 235 cm³/mol. The molecule has 5 atom stereocenters. The number of hydrogen-bond acceptors (Lipinski definition) is 12. The molecule has 4 heterocycles. The quantitative estimate of drug-likeness (QED) is 0.160. The predicted octanol–water partition coefficient (Wildman–Crippen LogP) is 7.80. The average Bonchev–Trinajstić information content (AvgIpc) is 4.02. The molecule has 3 N–H and O–H groups in total. The highest BCUT2D eigenvalue weighted by Gasteiger charge is 2.59. The molecule has 14 nitrogen and oxygen atoms in total.